The Morgan fingerprint density at radius 3 is 2.71 bits per heavy atom. The van der Waals surface area contributed by atoms with E-state index in [1.165, 1.54) is 6.21 Å². The molecule has 0 fully saturated rings. The molecule has 0 spiro atoms. The summed E-state index contributed by atoms with van der Waals surface area (Å²) >= 11 is 9.55. The van der Waals surface area contributed by atoms with Crippen LogP contribution >= 0.6 is 27.5 Å². The number of benzene rings is 2. The van der Waals surface area contributed by atoms with Gasteiger partial charge in [-0.15, -0.1) is 0 Å². The molecule has 0 aliphatic heterocycles. The van der Waals surface area contributed by atoms with E-state index in [1.54, 1.807) is 13.2 Å². The lowest BCUT2D eigenvalue weighted by molar-refractivity contribution is 0.284. The Balaban J connectivity index is 2.24. The Morgan fingerprint density at radius 1 is 1.29 bits per heavy atom. The van der Waals surface area contributed by atoms with Crippen LogP contribution in [0.2, 0.25) is 5.02 Å². The fourth-order valence-corrected chi connectivity index (χ4v) is 2.39. The molecule has 0 amide bonds. The molecule has 6 heteroatoms. The SMILES string of the molecule is COc1cc(C=NN)c(Br)cc1OCc1ccccc1Cl. The van der Waals surface area contributed by atoms with Crippen LogP contribution in [0, 0.1) is 0 Å². The Labute approximate surface area is 136 Å². The summed E-state index contributed by atoms with van der Waals surface area (Å²) in [5.41, 5.74) is 1.71. The molecule has 0 bridgehead atoms. The first-order chi connectivity index (χ1) is 10.2. The standard InChI is InChI=1S/C15H14BrClN2O2/c1-20-14-6-11(8-19-18)12(16)7-15(14)21-9-10-4-2-3-5-13(10)17/h2-8H,9,18H2,1H3. The van der Waals surface area contributed by atoms with Crippen molar-refractivity contribution < 1.29 is 9.47 Å². The molecule has 2 rings (SSSR count). The van der Waals surface area contributed by atoms with Crippen LogP contribution in [0.4, 0.5) is 0 Å². The molecule has 2 aromatic carbocycles. The van der Waals surface area contributed by atoms with Crippen molar-refractivity contribution in [1.82, 2.24) is 0 Å². The molecule has 2 N–H and O–H groups in total. The molecule has 110 valence electrons. The monoisotopic (exact) mass is 368 g/mol. The average molecular weight is 370 g/mol. The second kappa shape index (κ2) is 7.33. The predicted molar refractivity (Wildman–Crippen MR) is 88.3 cm³/mol. The van der Waals surface area contributed by atoms with Gasteiger partial charge in [0.05, 0.1) is 13.3 Å². The Kier molecular flexibility index (Phi) is 5.47. The van der Waals surface area contributed by atoms with E-state index >= 15 is 0 Å². The van der Waals surface area contributed by atoms with Gasteiger partial charge in [-0.25, -0.2) is 0 Å². The van der Waals surface area contributed by atoms with Gasteiger partial charge in [-0.05, 0) is 34.1 Å². The van der Waals surface area contributed by atoms with Crippen LogP contribution in [0.5, 0.6) is 11.5 Å². The van der Waals surface area contributed by atoms with Crippen LogP contribution in [0.3, 0.4) is 0 Å². The number of hydrogen-bond acceptors (Lipinski definition) is 4. The molecule has 0 heterocycles. The summed E-state index contributed by atoms with van der Waals surface area (Å²) in [6.07, 6.45) is 1.53. The number of nitrogens with zero attached hydrogens (tertiary/aromatic N) is 1. The molecule has 21 heavy (non-hydrogen) atoms. The first kappa shape index (κ1) is 15.7. The van der Waals surface area contributed by atoms with Crippen molar-refractivity contribution in [3.63, 3.8) is 0 Å². The number of hydrogen-bond donors (Lipinski definition) is 1. The summed E-state index contributed by atoms with van der Waals surface area (Å²) in [6.45, 7) is 0.354. The minimum absolute atomic E-state index is 0.354. The van der Waals surface area contributed by atoms with Crippen LogP contribution in [0.15, 0.2) is 46.0 Å². The van der Waals surface area contributed by atoms with E-state index in [0.717, 1.165) is 15.6 Å². The minimum Gasteiger partial charge on any atom is -0.493 e. The van der Waals surface area contributed by atoms with Crippen molar-refractivity contribution in [3.8, 4) is 11.5 Å². The van der Waals surface area contributed by atoms with Gasteiger partial charge in [0.15, 0.2) is 11.5 Å². The van der Waals surface area contributed by atoms with Gasteiger partial charge in [-0.2, -0.15) is 5.10 Å². The quantitative estimate of drug-likeness (QED) is 0.493. The van der Waals surface area contributed by atoms with Gasteiger partial charge in [-0.3, -0.25) is 0 Å². The molecule has 0 radical (unpaired) electrons. The number of rotatable bonds is 5. The third kappa shape index (κ3) is 3.89. The fourth-order valence-electron chi connectivity index (χ4n) is 1.77. The van der Waals surface area contributed by atoms with Gasteiger partial charge in [0.2, 0.25) is 0 Å². The van der Waals surface area contributed by atoms with Crippen LogP contribution in [-0.2, 0) is 6.61 Å². The second-order valence-electron chi connectivity index (χ2n) is 4.18. The summed E-state index contributed by atoms with van der Waals surface area (Å²) in [4.78, 5) is 0. The first-order valence-corrected chi connectivity index (χ1v) is 7.29. The maximum atomic E-state index is 6.11. The molecule has 0 unspecified atom stereocenters. The number of nitrogens with two attached hydrogens (primary N) is 1. The zero-order valence-corrected chi connectivity index (χ0v) is 13.7. The van der Waals surface area contributed by atoms with E-state index in [9.17, 15) is 0 Å². The van der Waals surface area contributed by atoms with E-state index in [-0.39, 0.29) is 0 Å². The Bertz CT molecular complexity index is 662. The molecule has 0 aromatic heterocycles. The molecule has 2 aromatic rings. The van der Waals surface area contributed by atoms with E-state index in [0.29, 0.717) is 23.1 Å². The summed E-state index contributed by atoms with van der Waals surface area (Å²) < 4.78 is 11.9. The normalized spacial score (nSPS) is 10.8. The van der Waals surface area contributed by atoms with Crippen molar-refractivity contribution in [3.05, 3.63) is 57.0 Å². The molecular weight excluding hydrogens is 356 g/mol. The Morgan fingerprint density at radius 2 is 2.05 bits per heavy atom. The fraction of sp³-hybridized carbons (Fsp3) is 0.133. The van der Waals surface area contributed by atoms with Crippen molar-refractivity contribution in [2.24, 2.45) is 10.9 Å². The van der Waals surface area contributed by atoms with Crippen molar-refractivity contribution in [1.29, 1.82) is 0 Å². The molecule has 4 nitrogen and oxygen atoms in total. The number of halogens is 2. The van der Waals surface area contributed by atoms with Gasteiger partial charge in [-0.1, -0.05) is 29.8 Å². The maximum absolute atomic E-state index is 6.11. The van der Waals surface area contributed by atoms with E-state index < -0.39 is 0 Å². The van der Waals surface area contributed by atoms with Gasteiger partial charge in [0, 0.05) is 20.6 Å². The topological polar surface area (TPSA) is 56.8 Å². The highest BCUT2D eigenvalue weighted by molar-refractivity contribution is 9.10. The lowest BCUT2D eigenvalue weighted by atomic mass is 10.2. The predicted octanol–water partition coefficient (Wildman–Crippen LogP) is 3.98. The van der Waals surface area contributed by atoms with E-state index in [2.05, 4.69) is 21.0 Å². The minimum atomic E-state index is 0.354. The average Bonchev–Trinajstić information content (AvgIpc) is 2.49. The molecular formula is C15H14BrClN2O2. The maximum Gasteiger partial charge on any atom is 0.162 e. The summed E-state index contributed by atoms with van der Waals surface area (Å²) in [5.74, 6) is 6.38. The van der Waals surface area contributed by atoms with E-state index in [1.807, 2.05) is 30.3 Å². The van der Waals surface area contributed by atoms with Crippen molar-refractivity contribution >= 4 is 33.7 Å². The van der Waals surface area contributed by atoms with Crippen LogP contribution < -0.4 is 15.3 Å². The van der Waals surface area contributed by atoms with Gasteiger partial charge < -0.3 is 15.3 Å². The lowest BCUT2D eigenvalue weighted by Gasteiger charge is -2.13. The van der Waals surface area contributed by atoms with Gasteiger partial charge in [0.25, 0.3) is 0 Å². The van der Waals surface area contributed by atoms with Gasteiger partial charge >= 0.3 is 0 Å². The van der Waals surface area contributed by atoms with Crippen LogP contribution in [0.25, 0.3) is 0 Å². The smallest absolute Gasteiger partial charge is 0.162 e. The highest BCUT2D eigenvalue weighted by Crippen LogP contribution is 2.33. The molecule has 0 saturated carbocycles. The van der Waals surface area contributed by atoms with Crippen molar-refractivity contribution in [2.75, 3.05) is 7.11 Å². The molecule has 0 aliphatic carbocycles. The molecule has 0 saturated heterocycles. The zero-order chi connectivity index (χ0) is 15.2. The number of hydrazone groups is 1. The molecule has 0 atom stereocenters. The third-order valence-corrected chi connectivity index (χ3v) is 3.89. The number of methoxy groups -OCH3 is 1. The van der Waals surface area contributed by atoms with Crippen LogP contribution in [0.1, 0.15) is 11.1 Å². The number of ether oxygens (including phenoxy) is 2. The highest BCUT2D eigenvalue weighted by Gasteiger charge is 2.10. The Hall–Kier alpha value is -1.72. The van der Waals surface area contributed by atoms with Gasteiger partial charge in [0.1, 0.15) is 6.61 Å². The zero-order valence-electron chi connectivity index (χ0n) is 11.3. The van der Waals surface area contributed by atoms with Crippen molar-refractivity contribution in [2.45, 2.75) is 6.61 Å². The second-order valence-corrected chi connectivity index (χ2v) is 5.44. The first-order valence-electron chi connectivity index (χ1n) is 6.12. The lowest BCUT2D eigenvalue weighted by Crippen LogP contribution is -2.00. The summed E-state index contributed by atoms with van der Waals surface area (Å²) in [6, 6.07) is 11.1. The summed E-state index contributed by atoms with van der Waals surface area (Å²) in [7, 11) is 1.58. The van der Waals surface area contributed by atoms with E-state index in [4.69, 9.17) is 26.9 Å². The largest absolute Gasteiger partial charge is 0.493 e. The summed E-state index contributed by atoms with van der Waals surface area (Å²) in [5, 5.41) is 4.18. The highest BCUT2D eigenvalue weighted by atomic mass is 79.9. The van der Waals surface area contributed by atoms with Crippen LogP contribution in [-0.4, -0.2) is 13.3 Å². The third-order valence-electron chi connectivity index (χ3n) is 2.84. The molecule has 0 aliphatic rings.